The summed E-state index contributed by atoms with van der Waals surface area (Å²) in [6, 6.07) is 27.3. The summed E-state index contributed by atoms with van der Waals surface area (Å²) in [5.41, 5.74) is 12.7. The number of aliphatic hydroxyl groups excluding tert-OH is 1. The van der Waals surface area contributed by atoms with Crippen LogP contribution in [0, 0.1) is 0 Å². The van der Waals surface area contributed by atoms with Gasteiger partial charge in [-0.2, -0.15) is 0 Å². The zero-order chi connectivity index (χ0) is 29.5. The van der Waals surface area contributed by atoms with Gasteiger partial charge in [0.1, 0.15) is 30.9 Å². The average molecular weight is 573 g/mol. The molecule has 10 nitrogen and oxygen atoms in total. The Morgan fingerprint density at radius 2 is 1.45 bits per heavy atom. The predicted molar refractivity (Wildman–Crippen MR) is 160 cm³/mol. The van der Waals surface area contributed by atoms with E-state index in [4.69, 9.17) is 30.4 Å². The van der Waals surface area contributed by atoms with E-state index in [1.807, 2.05) is 84.9 Å². The lowest BCUT2D eigenvalue weighted by molar-refractivity contribution is -0.282. The maximum absolute atomic E-state index is 12.9. The first-order valence-corrected chi connectivity index (χ1v) is 13.8. The van der Waals surface area contributed by atoms with Gasteiger partial charge in [-0.25, -0.2) is 4.99 Å². The number of hydrogen-bond donors (Lipinski definition) is 4. The number of nitrogens with zero attached hydrogens (tertiary/aromatic N) is 1. The van der Waals surface area contributed by atoms with E-state index in [1.54, 1.807) is 0 Å². The number of nitrogens with one attached hydrogen (secondary N) is 1. The lowest BCUT2D eigenvalue weighted by Crippen LogP contribution is -2.65. The van der Waals surface area contributed by atoms with E-state index >= 15 is 0 Å². The van der Waals surface area contributed by atoms with E-state index in [9.17, 15) is 9.90 Å². The number of hydrogen-bond acceptors (Lipinski definition) is 7. The summed E-state index contributed by atoms with van der Waals surface area (Å²) < 4.78 is 24.0. The van der Waals surface area contributed by atoms with Gasteiger partial charge in [0, 0.05) is 7.11 Å². The Kier molecular flexibility index (Phi) is 9.63. The Hall–Kier alpha value is -4.06. The average Bonchev–Trinajstić information content (AvgIpc) is 3.00. The molecule has 42 heavy (non-hydrogen) atoms. The Morgan fingerprint density at radius 1 is 0.881 bits per heavy atom. The molecule has 5 atom stereocenters. The van der Waals surface area contributed by atoms with Crippen molar-refractivity contribution < 1.29 is 28.8 Å². The summed E-state index contributed by atoms with van der Waals surface area (Å²) in [5, 5.41) is 18.6. The molecule has 6 N–H and O–H groups in total. The fourth-order valence-electron chi connectivity index (χ4n) is 5.14. The van der Waals surface area contributed by atoms with Crippen molar-refractivity contribution in [2.24, 2.45) is 16.5 Å². The van der Waals surface area contributed by atoms with Crippen LogP contribution in [0.2, 0.25) is 0 Å². The molecule has 1 saturated heterocycles. The van der Waals surface area contributed by atoms with Crippen molar-refractivity contribution in [1.29, 1.82) is 0 Å². The van der Waals surface area contributed by atoms with Gasteiger partial charge in [0.25, 0.3) is 0 Å². The van der Waals surface area contributed by atoms with Gasteiger partial charge in [-0.15, -0.1) is 0 Å². The van der Waals surface area contributed by atoms with Gasteiger partial charge in [0.15, 0.2) is 12.2 Å². The summed E-state index contributed by atoms with van der Waals surface area (Å²) in [6.45, 7) is 0.180. The minimum Gasteiger partial charge on any atom is -0.388 e. The number of benzene rings is 4. The van der Waals surface area contributed by atoms with E-state index in [0.717, 1.165) is 32.7 Å². The van der Waals surface area contributed by atoms with Crippen molar-refractivity contribution >= 4 is 33.4 Å². The van der Waals surface area contributed by atoms with Gasteiger partial charge in [0.2, 0.25) is 5.91 Å². The number of ether oxygens (including phenoxy) is 4. The maximum atomic E-state index is 12.9. The topological polar surface area (TPSA) is 151 Å². The van der Waals surface area contributed by atoms with Crippen molar-refractivity contribution in [3.8, 4) is 0 Å². The van der Waals surface area contributed by atoms with Gasteiger partial charge in [0.05, 0.1) is 19.8 Å². The molecule has 0 radical (unpaired) electrons. The van der Waals surface area contributed by atoms with Crippen LogP contribution in [-0.2, 0) is 37.0 Å². The first-order chi connectivity index (χ1) is 20.4. The van der Waals surface area contributed by atoms with Crippen molar-refractivity contribution in [1.82, 2.24) is 5.32 Å². The van der Waals surface area contributed by atoms with Crippen LogP contribution in [0.5, 0.6) is 0 Å². The lowest BCUT2D eigenvalue weighted by Gasteiger charge is -2.44. The SMILES string of the molecule is COC[C@H]1OC(OCc2ccc3ccccc3c2)[C@H](NC(=O)CN=C(N)N)[C@@H](OCc2ccc3ccccc3c2)[C@@H]1O. The molecule has 1 amide bonds. The third-order valence-electron chi connectivity index (χ3n) is 7.22. The van der Waals surface area contributed by atoms with Crippen LogP contribution in [0.25, 0.3) is 21.5 Å². The number of guanidine groups is 1. The van der Waals surface area contributed by atoms with Crippen LogP contribution in [0.4, 0.5) is 0 Å². The van der Waals surface area contributed by atoms with Crippen LogP contribution in [0.15, 0.2) is 89.9 Å². The smallest absolute Gasteiger partial charge is 0.242 e. The highest BCUT2D eigenvalue weighted by Gasteiger charge is 2.47. The number of carbonyl (C=O) groups is 1. The molecule has 1 aliphatic heterocycles. The second-order valence-electron chi connectivity index (χ2n) is 10.3. The molecule has 0 aromatic heterocycles. The molecule has 0 bridgehead atoms. The van der Waals surface area contributed by atoms with Gasteiger partial charge >= 0.3 is 0 Å². The summed E-state index contributed by atoms with van der Waals surface area (Å²) >= 11 is 0. The van der Waals surface area contributed by atoms with Gasteiger partial charge < -0.3 is 40.8 Å². The Balaban J connectivity index is 1.39. The number of rotatable bonds is 11. The van der Waals surface area contributed by atoms with Gasteiger partial charge in [-0.05, 0) is 44.8 Å². The monoisotopic (exact) mass is 572 g/mol. The fourth-order valence-corrected chi connectivity index (χ4v) is 5.14. The predicted octanol–water partition coefficient (Wildman–Crippen LogP) is 2.59. The molecular weight excluding hydrogens is 536 g/mol. The molecule has 1 aliphatic rings. The summed E-state index contributed by atoms with van der Waals surface area (Å²) in [4.78, 5) is 16.7. The minimum atomic E-state index is -1.13. The molecule has 1 fully saturated rings. The molecule has 1 heterocycles. The molecule has 4 aromatic rings. The molecule has 4 aromatic carbocycles. The highest BCUT2D eigenvalue weighted by atomic mass is 16.7. The van der Waals surface area contributed by atoms with Crippen molar-refractivity contribution in [2.45, 2.75) is 43.9 Å². The summed E-state index contributed by atoms with van der Waals surface area (Å²) in [7, 11) is 1.52. The van der Waals surface area contributed by atoms with Gasteiger partial charge in [-0.3, -0.25) is 4.79 Å². The maximum Gasteiger partial charge on any atom is 0.242 e. The molecule has 5 rings (SSSR count). The third kappa shape index (κ3) is 7.22. The number of nitrogens with two attached hydrogens (primary N) is 2. The normalized spacial score (nSPS) is 22.2. The van der Waals surface area contributed by atoms with Gasteiger partial charge in [-0.1, -0.05) is 72.8 Å². The van der Waals surface area contributed by atoms with Crippen LogP contribution in [0.3, 0.4) is 0 Å². The molecular formula is C32H36N4O6. The summed E-state index contributed by atoms with van der Waals surface area (Å²) in [5.74, 6) is -0.688. The molecule has 220 valence electrons. The van der Waals surface area contributed by atoms with Crippen LogP contribution < -0.4 is 16.8 Å². The first-order valence-electron chi connectivity index (χ1n) is 13.8. The molecule has 0 saturated carbocycles. The highest BCUT2D eigenvalue weighted by molar-refractivity contribution is 5.84. The Labute approximate surface area is 244 Å². The second kappa shape index (κ2) is 13.7. The van der Waals surface area contributed by atoms with E-state index in [2.05, 4.69) is 10.3 Å². The number of carbonyl (C=O) groups excluding carboxylic acids is 1. The molecule has 1 unspecified atom stereocenters. The minimum absolute atomic E-state index is 0.0987. The fraction of sp³-hybridized carbons (Fsp3) is 0.312. The largest absolute Gasteiger partial charge is 0.388 e. The molecule has 0 aliphatic carbocycles. The van der Waals surface area contributed by atoms with Crippen molar-refractivity contribution in [3.05, 3.63) is 96.1 Å². The zero-order valence-corrected chi connectivity index (χ0v) is 23.4. The van der Waals surface area contributed by atoms with Crippen LogP contribution in [-0.4, -0.2) is 67.9 Å². The van der Waals surface area contributed by atoms with Crippen molar-refractivity contribution in [2.75, 3.05) is 20.3 Å². The van der Waals surface area contributed by atoms with E-state index in [0.29, 0.717) is 0 Å². The van der Waals surface area contributed by atoms with Crippen LogP contribution in [0.1, 0.15) is 11.1 Å². The van der Waals surface area contributed by atoms with E-state index < -0.39 is 36.6 Å². The second-order valence-corrected chi connectivity index (χ2v) is 10.3. The van der Waals surface area contributed by atoms with Crippen molar-refractivity contribution in [3.63, 3.8) is 0 Å². The number of amides is 1. The third-order valence-corrected chi connectivity index (χ3v) is 7.22. The van der Waals surface area contributed by atoms with E-state index in [-0.39, 0.29) is 32.3 Å². The first kappa shape index (κ1) is 29.4. The zero-order valence-electron chi connectivity index (χ0n) is 23.4. The number of methoxy groups -OCH3 is 1. The number of aliphatic imine (C=N–C) groups is 1. The standard InChI is InChI=1S/C32H36N4O6/c1-39-19-26-29(38)30(40-17-20-10-12-22-6-2-4-8-24(22)14-20)28(36-27(37)16-35-32(33)34)31(42-26)41-18-21-11-13-23-7-3-5-9-25(23)15-21/h2-15,26,28-31,38H,16-19H2,1H3,(H,36,37)(H4,33,34,35)/t26-,28-,29-,30-,31?/m1/s1. The summed E-state index contributed by atoms with van der Waals surface area (Å²) in [6.07, 6.45) is -3.75. The van der Waals surface area contributed by atoms with E-state index in [1.165, 1.54) is 7.11 Å². The quantitative estimate of drug-likeness (QED) is 0.158. The number of fused-ring (bicyclic) bond motifs is 2. The number of aliphatic hydroxyl groups is 1. The van der Waals surface area contributed by atoms with Crippen LogP contribution >= 0.6 is 0 Å². The molecule has 0 spiro atoms. The lowest BCUT2D eigenvalue weighted by atomic mass is 9.96. The highest BCUT2D eigenvalue weighted by Crippen LogP contribution is 2.28. The molecule has 10 heteroatoms. The Morgan fingerprint density at radius 3 is 2.02 bits per heavy atom. The Bertz CT molecular complexity index is 1540.